The first-order valence-electron chi connectivity index (χ1n) is 7.75. The molecule has 0 fully saturated rings. The van der Waals surface area contributed by atoms with Crippen molar-refractivity contribution in [2.24, 2.45) is 0 Å². The number of hydrogen-bond donors (Lipinski definition) is 1. The standard InChI is InChI=1S/C17H22ClNO6/c1-4-23-16(20)13(17(21)24-5-2)11-19-12-6-7-14(18)15(10-12)25-9-8-22-3/h6-7,10-11,19H,4-5,8-9H2,1-3H3. The maximum atomic E-state index is 11.9. The summed E-state index contributed by atoms with van der Waals surface area (Å²) in [6, 6.07) is 4.95. The third kappa shape index (κ3) is 7.03. The average Bonchev–Trinajstić information content (AvgIpc) is 2.58. The third-order valence-corrected chi connectivity index (χ3v) is 3.16. The molecule has 1 aromatic carbocycles. The highest BCUT2D eigenvalue weighted by atomic mass is 35.5. The maximum absolute atomic E-state index is 11.9. The molecule has 0 atom stereocenters. The highest BCUT2D eigenvalue weighted by Crippen LogP contribution is 2.28. The van der Waals surface area contributed by atoms with Gasteiger partial charge < -0.3 is 24.3 Å². The van der Waals surface area contributed by atoms with Crippen LogP contribution in [0, 0.1) is 0 Å². The zero-order chi connectivity index (χ0) is 18.7. The van der Waals surface area contributed by atoms with Crippen LogP contribution in [0.15, 0.2) is 30.0 Å². The molecule has 1 N–H and O–H groups in total. The van der Waals surface area contributed by atoms with Crippen LogP contribution in [0.1, 0.15) is 13.8 Å². The Hall–Kier alpha value is -2.25. The summed E-state index contributed by atoms with van der Waals surface area (Å²) in [5.41, 5.74) is 0.336. The second-order valence-corrected chi connectivity index (χ2v) is 5.04. The van der Waals surface area contributed by atoms with E-state index in [4.69, 9.17) is 30.5 Å². The monoisotopic (exact) mass is 371 g/mol. The molecule has 0 aliphatic rings. The third-order valence-electron chi connectivity index (χ3n) is 2.85. The Morgan fingerprint density at radius 2 is 1.76 bits per heavy atom. The molecule has 0 unspecified atom stereocenters. The van der Waals surface area contributed by atoms with Crippen molar-refractivity contribution in [3.05, 3.63) is 35.0 Å². The van der Waals surface area contributed by atoms with E-state index in [9.17, 15) is 9.59 Å². The molecule has 0 aliphatic carbocycles. The van der Waals surface area contributed by atoms with Crippen LogP contribution >= 0.6 is 11.6 Å². The first kappa shape index (κ1) is 20.8. The van der Waals surface area contributed by atoms with Crippen molar-refractivity contribution in [1.82, 2.24) is 0 Å². The van der Waals surface area contributed by atoms with Gasteiger partial charge in [-0.25, -0.2) is 9.59 Å². The van der Waals surface area contributed by atoms with Crippen molar-refractivity contribution in [1.29, 1.82) is 0 Å². The van der Waals surface area contributed by atoms with Gasteiger partial charge in [0.05, 0.1) is 24.8 Å². The van der Waals surface area contributed by atoms with E-state index >= 15 is 0 Å². The summed E-state index contributed by atoms with van der Waals surface area (Å²) < 4.78 is 20.1. The van der Waals surface area contributed by atoms with E-state index < -0.39 is 11.9 Å². The average molecular weight is 372 g/mol. The smallest absolute Gasteiger partial charge is 0.347 e. The number of carbonyl (C=O) groups excluding carboxylic acids is 2. The zero-order valence-corrected chi connectivity index (χ0v) is 15.2. The van der Waals surface area contributed by atoms with Crippen molar-refractivity contribution in [2.75, 3.05) is 38.9 Å². The molecule has 1 aromatic rings. The Balaban J connectivity index is 2.92. The molecule has 7 nitrogen and oxygen atoms in total. The van der Waals surface area contributed by atoms with E-state index in [0.29, 0.717) is 29.7 Å². The summed E-state index contributed by atoms with van der Waals surface area (Å²) in [5, 5.41) is 3.28. The van der Waals surface area contributed by atoms with Crippen molar-refractivity contribution in [2.45, 2.75) is 13.8 Å². The minimum absolute atomic E-state index is 0.147. The lowest BCUT2D eigenvalue weighted by Crippen LogP contribution is -2.19. The first-order chi connectivity index (χ1) is 12.0. The van der Waals surface area contributed by atoms with Gasteiger partial charge in [0.2, 0.25) is 0 Å². The van der Waals surface area contributed by atoms with Crippen LogP contribution in [-0.4, -0.2) is 45.5 Å². The number of nitrogens with one attached hydrogen (secondary N) is 1. The SMILES string of the molecule is CCOC(=O)C(=CNc1ccc(Cl)c(OCCOC)c1)C(=O)OCC. The number of carbonyl (C=O) groups is 2. The lowest BCUT2D eigenvalue weighted by atomic mass is 10.2. The Morgan fingerprint density at radius 1 is 1.12 bits per heavy atom. The number of anilines is 1. The number of ether oxygens (including phenoxy) is 4. The molecule has 0 saturated heterocycles. The van der Waals surface area contributed by atoms with Crippen molar-refractivity contribution >= 4 is 29.2 Å². The molecule has 0 bridgehead atoms. The summed E-state index contributed by atoms with van der Waals surface area (Å²) in [6.45, 7) is 4.35. The predicted octanol–water partition coefficient (Wildman–Crippen LogP) is 2.79. The van der Waals surface area contributed by atoms with Gasteiger partial charge in [0.1, 0.15) is 12.4 Å². The Morgan fingerprint density at radius 3 is 2.32 bits per heavy atom. The van der Waals surface area contributed by atoms with Gasteiger partial charge >= 0.3 is 11.9 Å². The van der Waals surface area contributed by atoms with E-state index in [2.05, 4.69) is 5.32 Å². The summed E-state index contributed by atoms with van der Waals surface area (Å²) in [4.78, 5) is 23.8. The molecule has 0 saturated carbocycles. The number of hydrogen-bond acceptors (Lipinski definition) is 7. The first-order valence-corrected chi connectivity index (χ1v) is 8.13. The molecule has 138 valence electrons. The molecule has 0 amide bonds. The molecule has 1 rings (SSSR count). The fraction of sp³-hybridized carbons (Fsp3) is 0.412. The summed E-state index contributed by atoms with van der Waals surface area (Å²) in [5.74, 6) is -1.08. The topological polar surface area (TPSA) is 83.1 Å². The number of methoxy groups -OCH3 is 1. The lowest BCUT2D eigenvalue weighted by molar-refractivity contribution is -0.146. The van der Waals surface area contributed by atoms with E-state index in [-0.39, 0.29) is 18.8 Å². The molecule has 0 aromatic heterocycles. The molecular formula is C17H22ClNO6. The Bertz CT molecular complexity index is 597. The number of benzene rings is 1. The van der Waals surface area contributed by atoms with E-state index in [0.717, 1.165) is 0 Å². The van der Waals surface area contributed by atoms with Gasteiger partial charge in [-0.2, -0.15) is 0 Å². The molecule has 0 spiro atoms. The maximum Gasteiger partial charge on any atom is 0.347 e. The lowest BCUT2D eigenvalue weighted by Gasteiger charge is -2.11. The van der Waals surface area contributed by atoms with E-state index in [1.165, 1.54) is 6.20 Å². The van der Waals surface area contributed by atoms with Gasteiger partial charge in [0.15, 0.2) is 5.57 Å². The molecule has 0 radical (unpaired) electrons. The van der Waals surface area contributed by atoms with Crippen molar-refractivity contribution < 1.29 is 28.5 Å². The number of halogens is 1. The molecule has 8 heteroatoms. The second kappa shape index (κ2) is 11.3. The molecule has 0 aliphatic heterocycles. The quantitative estimate of drug-likeness (QED) is 0.222. The van der Waals surface area contributed by atoms with Crippen molar-refractivity contribution in [3.8, 4) is 5.75 Å². The van der Waals surface area contributed by atoms with Gasteiger partial charge in [-0.1, -0.05) is 11.6 Å². The second-order valence-electron chi connectivity index (χ2n) is 4.63. The van der Waals surface area contributed by atoms with Gasteiger partial charge in [-0.15, -0.1) is 0 Å². The molecular weight excluding hydrogens is 350 g/mol. The van der Waals surface area contributed by atoms with E-state index in [1.807, 2.05) is 0 Å². The molecule has 25 heavy (non-hydrogen) atoms. The molecule has 0 heterocycles. The predicted molar refractivity (Wildman–Crippen MR) is 93.8 cm³/mol. The van der Waals surface area contributed by atoms with Crippen molar-refractivity contribution in [3.63, 3.8) is 0 Å². The van der Waals surface area contributed by atoms with Crippen LogP contribution in [0.2, 0.25) is 5.02 Å². The van der Waals surface area contributed by atoms with Crippen LogP contribution in [0.3, 0.4) is 0 Å². The fourth-order valence-corrected chi connectivity index (χ4v) is 1.89. The Labute approximate surface area is 151 Å². The van der Waals surface area contributed by atoms with Crippen LogP contribution in [0.4, 0.5) is 5.69 Å². The minimum atomic E-state index is -0.765. The van der Waals surface area contributed by atoms with Crippen LogP contribution in [-0.2, 0) is 23.8 Å². The minimum Gasteiger partial charge on any atom is -0.490 e. The van der Waals surface area contributed by atoms with Gasteiger partial charge in [0, 0.05) is 25.1 Å². The fourth-order valence-electron chi connectivity index (χ4n) is 1.71. The zero-order valence-electron chi connectivity index (χ0n) is 14.5. The largest absolute Gasteiger partial charge is 0.490 e. The number of rotatable bonds is 10. The van der Waals surface area contributed by atoms with Crippen LogP contribution < -0.4 is 10.1 Å². The van der Waals surface area contributed by atoms with Crippen LogP contribution in [0.25, 0.3) is 0 Å². The number of esters is 2. The summed E-state index contributed by atoms with van der Waals surface area (Å²) in [7, 11) is 1.57. The highest BCUT2D eigenvalue weighted by molar-refractivity contribution is 6.32. The van der Waals surface area contributed by atoms with Crippen LogP contribution in [0.5, 0.6) is 5.75 Å². The van der Waals surface area contributed by atoms with Gasteiger partial charge in [-0.05, 0) is 26.0 Å². The summed E-state index contributed by atoms with van der Waals surface area (Å²) in [6.07, 6.45) is 1.23. The normalized spacial score (nSPS) is 9.92. The van der Waals surface area contributed by atoms with Gasteiger partial charge in [-0.3, -0.25) is 0 Å². The van der Waals surface area contributed by atoms with E-state index in [1.54, 1.807) is 39.2 Å². The Kier molecular flexibility index (Phi) is 9.42. The highest BCUT2D eigenvalue weighted by Gasteiger charge is 2.20. The van der Waals surface area contributed by atoms with Gasteiger partial charge in [0.25, 0.3) is 0 Å². The summed E-state index contributed by atoms with van der Waals surface area (Å²) >= 11 is 6.06.